The minimum Gasteiger partial charge on any atom is -0.330 e. The molecule has 0 atom stereocenters. The molecule has 0 heterocycles. The van der Waals surface area contributed by atoms with Crippen molar-refractivity contribution in [3.05, 3.63) is 34.3 Å². The van der Waals surface area contributed by atoms with Gasteiger partial charge in [-0.05, 0) is 38.1 Å². The van der Waals surface area contributed by atoms with Crippen molar-refractivity contribution in [2.45, 2.75) is 25.9 Å². The van der Waals surface area contributed by atoms with E-state index in [9.17, 15) is 9.18 Å². The first kappa shape index (κ1) is 13.1. The highest BCUT2D eigenvalue weighted by molar-refractivity contribution is 6.34. The summed E-state index contributed by atoms with van der Waals surface area (Å²) in [5.41, 5.74) is 4.70. The number of nitrogens with two attached hydrogens (primary N) is 1. The van der Waals surface area contributed by atoms with Crippen molar-refractivity contribution in [1.82, 2.24) is 0 Å². The molecule has 0 amide bonds. The van der Waals surface area contributed by atoms with Gasteiger partial charge in [-0.2, -0.15) is 0 Å². The molecule has 0 saturated heterocycles. The van der Waals surface area contributed by atoms with Crippen LogP contribution in [0.5, 0.6) is 0 Å². The standard InChI is InChI=1S/C12H15ClFNO/c1-12(2,14)8-3-4-9(10(13)7-8)11(16)5-6-15/h3-4,7H,5-6,15H2,1-2H3. The number of ketones is 1. The van der Waals surface area contributed by atoms with Crippen molar-refractivity contribution in [3.63, 3.8) is 0 Å². The van der Waals surface area contributed by atoms with E-state index in [1.807, 2.05) is 0 Å². The average molecular weight is 244 g/mol. The van der Waals surface area contributed by atoms with Gasteiger partial charge in [-0.15, -0.1) is 0 Å². The smallest absolute Gasteiger partial charge is 0.165 e. The lowest BCUT2D eigenvalue weighted by molar-refractivity contribution is 0.0985. The molecular formula is C12H15ClFNO. The maximum atomic E-state index is 13.6. The quantitative estimate of drug-likeness (QED) is 0.826. The largest absolute Gasteiger partial charge is 0.330 e. The zero-order valence-corrected chi connectivity index (χ0v) is 10.1. The highest BCUT2D eigenvalue weighted by Gasteiger charge is 2.20. The maximum Gasteiger partial charge on any atom is 0.165 e. The van der Waals surface area contributed by atoms with E-state index in [4.69, 9.17) is 17.3 Å². The lowest BCUT2D eigenvalue weighted by Crippen LogP contribution is -2.11. The number of halogens is 2. The second-order valence-corrected chi connectivity index (χ2v) is 4.54. The Morgan fingerprint density at radius 1 is 1.50 bits per heavy atom. The monoisotopic (exact) mass is 243 g/mol. The Bertz CT molecular complexity index is 398. The average Bonchev–Trinajstić information content (AvgIpc) is 2.16. The molecule has 1 aromatic rings. The fourth-order valence-electron chi connectivity index (χ4n) is 1.38. The van der Waals surface area contributed by atoms with Gasteiger partial charge in [0.25, 0.3) is 0 Å². The van der Waals surface area contributed by atoms with E-state index in [2.05, 4.69) is 0 Å². The number of Topliss-reactive ketones (excluding diaryl/α,β-unsaturated/α-hetero) is 1. The molecular weight excluding hydrogens is 229 g/mol. The molecule has 4 heteroatoms. The number of alkyl halides is 1. The number of benzene rings is 1. The van der Waals surface area contributed by atoms with Crippen molar-refractivity contribution in [1.29, 1.82) is 0 Å². The molecule has 0 aliphatic heterocycles. The van der Waals surface area contributed by atoms with Gasteiger partial charge in [-0.3, -0.25) is 4.79 Å². The summed E-state index contributed by atoms with van der Waals surface area (Å²) in [6.45, 7) is 3.17. The van der Waals surface area contributed by atoms with Crippen molar-refractivity contribution in [3.8, 4) is 0 Å². The lowest BCUT2D eigenvalue weighted by atomic mass is 9.97. The van der Waals surface area contributed by atoms with Crippen molar-refractivity contribution in [2.75, 3.05) is 6.54 Å². The lowest BCUT2D eigenvalue weighted by Gasteiger charge is -2.15. The van der Waals surface area contributed by atoms with Gasteiger partial charge in [0.15, 0.2) is 5.78 Å². The van der Waals surface area contributed by atoms with Gasteiger partial charge in [-0.25, -0.2) is 4.39 Å². The highest BCUT2D eigenvalue weighted by atomic mass is 35.5. The van der Waals surface area contributed by atoms with Crippen molar-refractivity contribution < 1.29 is 9.18 Å². The van der Waals surface area contributed by atoms with E-state index >= 15 is 0 Å². The SMILES string of the molecule is CC(C)(F)c1ccc(C(=O)CCN)c(Cl)c1. The van der Waals surface area contributed by atoms with Crippen LogP contribution in [-0.2, 0) is 5.67 Å². The van der Waals surface area contributed by atoms with Crippen LogP contribution in [0.2, 0.25) is 5.02 Å². The van der Waals surface area contributed by atoms with E-state index in [0.29, 0.717) is 11.1 Å². The molecule has 0 spiro atoms. The number of carbonyl (C=O) groups is 1. The maximum absolute atomic E-state index is 13.6. The summed E-state index contributed by atoms with van der Waals surface area (Å²) < 4.78 is 13.6. The van der Waals surface area contributed by atoms with Crippen LogP contribution >= 0.6 is 11.6 Å². The van der Waals surface area contributed by atoms with Crippen molar-refractivity contribution in [2.24, 2.45) is 5.73 Å². The van der Waals surface area contributed by atoms with Gasteiger partial charge in [0, 0.05) is 12.0 Å². The second-order valence-electron chi connectivity index (χ2n) is 4.13. The molecule has 0 unspecified atom stereocenters. The van der Waals surface area contributed by atoms with Gasteiger partial charge in [0.05, 0.1) is 5.02 Å². The predicted molar refractivity (Wildman–Crippen MR) is 63.6 cm³/mol. The summed E-state index contributed by atoms with van der Waals surface area (Å²) in [6.07, 6.45) is 0.248. The van der Waals surface area contributed by atoms with E-state index in [0.717, 1.165) is 0 Å². The number of rotatable bonds is 4. The first-order valence-corrected chi connectivity index (χ1v) is 5.46. The molecule has 16 heavy (non-hydrogen) atoms. The van der Waals surface area contributed by atoms with Crippen LogP contribution in [-0.4, -0.2) is 12.3 Å². The number of hydrogen-bond donors (Lipinski definition) is 1. The summed E-state index contributed by atoms with van der Waals surface area (Å²) in [6, 6.07) is 4.62. The van der Waals surface area contributed by atoms with Crippen LogP contribution in [0, 0.1) is 0 Å². The third-order valence-electron chi connectivity index (χ3n) is 2.33. The highest BCUT2D eigenvalue weighted by Crippen LogP contribution is 2.29. The van der Waals surface area contributed by atoms with Crippen LogP contribution in [0.25, 0.3) is 0 Å². The van der Waals surface area contributed by atoms with Gasteiger partial charge in [-0.1, -0.05) is 17.7 Å². The molecule has 2 nitrogen and oxygen atoms in total. The Kier molecular flexibility index (Phi) is 4.05. The summed E-state index contributed by atoms with van der Waals surface area (Å²) in [7, 11) is 0. The van der Waals surface area contributed by atoms with Crippen LogP contribution in [0.4, 0.5) is 4.39 Å². The molecule has 0 saturated carbocycles. The van der Waals surface area contributed by atoms with E-state index in [1.165, 1.54) is 19.9 Å². The summed E-state index contributed by atoms with van der Waals surface area (Å²) in [4.78, 5) is 11.6. The van der Waals surface area contributed by atoms with Crippen LogP contribution in [0.15, 0.2) is 18.2 Å². The van der Waals surface area contributed by atoms with Gasteiger partial charge in [0.2, 0.25) is 0 Å². The van der Waals surface area contributed by atoms with Crippen molar-refractivity contribution >= 4 is 17.4 Å². The Hall–Kier alpha value is -0.930. The fourth-order valence-corrected chi connectivity index (χ4v) is 1.66. The predicted octanol–water partition coefficient (Wildman–Crippen LogP) is 3.08. The summed E-state index contributed by atoms with van der Waals surface area (Å²) in [5.74, 6) is -0.115. The van der Waals surface area contributed by atoms with Crippen LogP contribution in [0.1, 0.15) is 36.2 Å². The molecule has 0 aromatic heterocycles. The summed E-state index contributed by atoms with van der Waals surface area (Å²) in [5, 5.41) is 0.279. The Morgan fingerprint density at radius 3 is 2.56 bits per heavy atom. The Morgan fingerprint density at radius 2 is 2.12 bits per heavy atom. The molecule has 0 bridgehead atoms. The zero-order chi connectivity index (χ0) is 12.3. The van der Waals surface area contributed by atoms with Gasteiger partial charge >= 0.3 is 0 Å². The van der Waals surface area contributed by atoms with E-state index in [1.54, 1.807) is 12.1 Å². The minimum atomic E-state index is -1.46. The van der Waals surface area contributed by atoms with Gasteiger partial charge < -0.3 is 5.73 Å². The molecule has 0 aliphatic carbocycles. The number of carbonyl (C=O) groups excluding carboxylic acids is 1. The first-order valence-electron chi connectivity index (χ1n) is 5.08. The second kappa shape index (κ2) is 4.93. The van der Waals surface area contributed by atoms with E-state index in [-0.39, 0.29) is 23.8 Å². The number of hydrogen-bond acceptors (Lipinski definition) is 2. The Labute approximate surface area is 99.6 Å². The normalized spacial score (nSPS) is 11.6. The molecule has 0 radical (unpaired) electrons. The van der Waals surface area contributed by atoms with Crippen LogP contribution in [0.3, 0.4) is 0 Å². The first-order chi connectivity index (χ1) is 7.36. The fraction of sp³-hybridized carbons (Fsp3) is 0.417. The van der Waals surface area contributed by atoms with Gasteiger partial charge in [0.1, 0.15) is 5.67 Å². The molecule has 0 fully saturated rings. The molecule has 0 aliphatic rings. The molecule has 2 N–H and O–H groups in total. The topological polar surface area (TPSA) is 43.1 Å². The van der Waals surface area contributed by atoms with E-state index < -0.39 is 5.67 Å². The zero-order valence-electron chi connectivity index (χ0n) is 9.39. The third kappa shape index (κ3) is 3.03. The Balaban J connectivity index is 3.05. The summed E-state index contributed by atoms with van der Waals surface area (Å²) >= 11 is 5.94. The molecule has 1 rings (SSSR count). The van der Waals surface area contributed by atoms with Crippen LogP contribution < -0.4 is 5.73 Å². The third-order valence-corrected chi connectivity index (χ3v) is 2.64. The molecule has 88 valence electrons. The minimum absolute atomic E-state index is 0.115. The molecule has 1 aromatic carbocycles.